The third-order valence-electron chi connectivity index (χ3n) is 7.98. The van der Waals surface area contributed by atoms with E-state index in [0.717, 1.165) is 33.6 Å². The molecule has 0 unspecified atom stereocenters. The molecule has 0 radical (unpaired) electrons. The zero-order valence-corrected chi connectivity index (χ0v) is 24.0. The maximum absolute atomic E-state index is 5.10. The molecule has 0 saturated heterocycles. The zero-order chi connectivity index (χ0) is 29.2. The van der Waals surface area contributed by atoms with Crippen LogP contribution in [-0.2, 0) is 0 Å². The molecular formula is C41H30N2. The fraction of sp³-hybridized carbons (Fsp3) is 0.0244. The van der Waals surface area contributed by atoms with Crippen molar-refractivity contribution in [1.29, 1.82) is 0 Å². The van der Waals surface area contributed by atoms with Gasteiger partial charge in [0.05, 0.1) is 11.4 Å². The first-order valence-electron chi connectivity index (χ1n) is 14.5. The Morgan fingerprint density at radius 1 is 0.488 bits per heavy atom. The Hall–Kier alpha value is -5.60. The minimum Gasteiger partial charge on any atom is -0.228 e. The molecule has 0 fully saturated rings. The number of benzene rings is 6. The van der Waals surface area contributed by atoms with E-state index in [1.807, 2.05) is 6.08 Å². The first-order valence-corrected chi connectivity index (χ1v) is 14.5. The fourth-order valence-corrected chi connectivity index (χ4v) is 5.55. The van der Waals surface area contributed by atoms with E-state index in [4.69, 9.17) is 9.97 Å². The lowest BCUT2D eigenvalue weighted by atomic mass is 9.98. The van der Waals surface area contributed by atoms with Crippen LogP contribution < -0.4 is 0 Å². The predicted octanol–water partition coefficient (Wildman–Crippen LogP) is 11.0. The molecule has 0 saturated carbocycles. The summed E-state index contributed by atoms with van der Waals surface area (Å²) in [6, 6.07) is 47.2. The molecule has 204 valence electrons. The van der Waals surface area contributed by atoms with Crippen LogP contribution in [0, 0.1) is 6.92 Å². The van der Waals surface area contributed by atoms with Crippen molar-refractivity contribution in [3.05, 3.63) is 163 Å². The maximum atomic E-state index is 5.10. The summed E-state index contributed by atoms with van der Waals surface area (Å²) in [5, 5.41) is 4.85. The first kappa shape index (κ1) is 26.3. The van der Waals surface area contributed by atoms with Crippen LogP contribution in [0.4, 0.5) is 0 Å². The number of aromatic nitrogens is 2. The number of aryl methyl sites for hydroxylation is 1. The molecule has 0 atom stereocenters. The van der Waals surface area contributed by atoms with Crippen molar-refractivity contribution in [2.24, 2.45) is 0 Å². The molecule has 1 heterocycles. The smallest absolute Gasteiger partial charge is 0.160 e. The Kier molecular flexibility index (Phi) is 6.94. The molecule has 6 aromatic carbocycles. The molecule has 2 heteroatoms. The quantitative estimate of drug-likeness (QED) is 0.192. The highest BCUT2D eigenvalue weighted by Gasteiger charge is 2.13. The van der Waals surface area contributed by atoms with E-state index < -0.39 is 0 Å². The van der Waals surface area contributed by atoms with Gasteiger partial charge in [0.15, 0.2) is 5.82 Å². The number of hydrogen-bond donors (Lipinski definition) is 0. The van der Waals surface area contributed by atoms with Crippen LogP contribution in [-0.4, -0.2) is 9.97 Å². The monoisotopic (exact) mass is 550 g/mol. The number of allylic oxidation sites excluding steroid dienone is 2. The van der Waals surface area contributed by atoms with Gasteiger partial charge in [-0.25, -0.2) is 9.97 Å². The predicted molar refractivity (Wildman–Crippen MR) is 183 cm³/mol. The van der Waals surface area contributed by atoms with Crippen LogP contribution in [0.15, 0.2) is 152 Å². The van der Waals surface area contributed by atoms with Gasteiger partial charge in [0.2, 0.25) is 0 Å². The summed E-state index contributed by atoms with van der Waals surface area (Å²) >= 11 is 0. The van der Waals surface area contributed by atoms with Crippen molar-refractivity contribution < 1.29 is 0 Å². The van der Waals surface area contributed by atoms with Crippen LogP contribution in [0.2, 0.25) is 0 Å². The van der Waals surface area contributed by atoms with Crippen LogP contribution in [0.3, 0.4) is 0 Å². The summed E-state index contributed by atoms with van der Waals surface area (Å²) in [6.45, 7) is 5.95. The van der Waals surface area contributed by atoms with Gasteiger partial charge in [-0.05, 0) is 75.0 Å². The second kappa shape index (κ2) is 11.3. The molecule has 0 spiro atoms. The molecule has 0 aliphatic rings. The van der Waals surface area contributed by atoms with Gasteiger partial charge in [0.1, 0.15) is 0 Å². The Morgan fingerprint density at radius 3 is 1.70 bits per heavy atom. The Morgan fingerprint density at radius 2 is 1.02 bits per heavy atom. The highest BCUT2D eigenvalue weighted by Crippen LogP contribution is 2.32. The van der Waals surface area contributed by atoms with Crippen molar-refractivity contribution in [3.63, 3.8) is 0 Å². The van der Waals surface area contributed by atoms with Crippen molar-refractivity contribution in [2.75, 3.05) is 0 Å². The van der Waals surface area contributed by atoms with Crippen molar-refractivity contribution in [1.82, 2.24) is 9.97 Å². The summed E-state index contributed by atoms with van der Waals surface area (Å²) in [5.41, 5.74) is 9.60. The van der Waals surface area contributed by atoms with Gasteiger partial charge in [-0.15, -0.1) is 0 Å². The first-order chi connectivity index (χ1) is 21.1. The summed E-state index contributed by atoms with van der Waals surface area (Å²) in [5.74, 6) is 0.709. The number of fused-ring (bicyclic) bond motifs is 2. The minimum absolute atomic E-state index is 0.709. The molecule has 7 rings (SSSR count). The number of nitrogens with zero attached hydrogens (tertiary/aromatic N) is 2. The van der Waals surface area contributed by atoms with Gasteiger partial charge in [-0.3, -0.25) is 0 Å². The Bertz CT molecular complexity index is 2150. The van der Waals surface area contributed by atoms with Gasteiger partial charge in [0.25, 0.3) is 0 Å². The van der Waals surface area contributed by atoms with E-state index in [0.29, 0.717) is 5.82 Å². The normalized spacial score (nSPS) is 11.4. The van der Waals surface area contributed by atoms with Crippen LogP contribution in [0.1, 0.15) is 11.1 Å². The molecule has 7 aromatic rings. The lowest BCUT2D eigenvalue weighted by Crippen LogP contribution is -1.96. The van der Waals surface area contributed by atoms with Gasteiger partial charge in [-0.1, -0.05) is 134 Å². The average molecular weight is 551 g/mol. The fourth-order valence-electron chi connectivity index (χ4n) is 5.55. The van der Waals surface area contributed by atoms with E-state index in [2.05, 4.69) is 153 Å². The van der Waals surface area contributed by atoms with Gasteiger partial charge < -0.3 is 0 Å². The maximum Gasteiger partial charge on any atom is 0.160 e. The highest BCUT2D eigenvalue weighted by atomic mass is 14.9. The number of hydrogen-bond acceptors (Lipinski definition) is 2. The van der Waals surface area contributed by atoms with E-state index in [1.165, 1.54) is 38.2 Å². The van der Waals surface area contributed by atoms with Crippen molar-refractivity contribution >= 4 is 27.6 Å². The van der Waals surface area contributed by atoms with E-state index in [-0.39, 0.29) is 0 Å². The van der Waals surface area contributed by atoms with Gasteiger partial charge in [0, 0.05) is 16.7 Å². The molecule has 0 aliphatic heterocycles. The molecule has 1 aromatic heterocycles. The minimum atomic E-state index is 0.709. The summed E-state index contributed by atoms with van der Waals surface area (Å²) in [7, 11) is 0. The molecule has 43 heavy (non-hydrogen) atoms. The van der Waals surface area contributed by atoms with E-state index in [1.54, 1.807) is 6.08 Å². The van der Waals surface area contributed by atoms with Crippen LogP contribution in [0.25, 0.3) is 72.7 Å². The lowest BCUT2D eigenvalue weighted by molar-refractivity contribution is 1.18. The van der Waals surface area contributed by atoms with Crippen LogP contribution in [0.5, 0.6) is 0 Å². The highest BCUT2D eigenvalue weighted by molar-refractivity contribution is 5.88. The summed E-state index contributed by atoms with van der Waals surface area (Å²) < 4.78 is 0. The molecule has 0 amide bonds. The SMILES string of the molecule is C=C/C=C\c1cc(-c2cc(-c3ccc(-c4ccc5ccccc5c4)cc3)nc(-c3ccc4ccccc4c3)n2)ccc1C. The summed E-state index contributed by atoms with van der Waals surface area (Å²) in [4.78, 5) is 10.2. The van der Waals surface area contributed by atoms with Crippen molar-refractivity contribution in [2.45, 2.75) is 6.92 Å². The molecular weight excluding hydrogens is 520 g/mol. The average Bonchev–Trinajstić information content (AvgIpc) is 3.07. The molecule has 0 bridgehead atoms. The topological polar surface area (TPSA) is 25.8 Å². The molecule has 0 N–H and O–H groups in total. The van der Waals surface area contributed by atoms with Crippen LogP contribution >= 0.6 is 0 Å². The standard InChI is InChI=1S/C41H30N2/c1-3-4-9-33-24-37(15-14-28(33)2)40-27-39(42-41(43-40)38-23-19-30-11-6-8-13-35(30)26-38)32-20-16-31(17-21-32)36-22-18-29-10-5-7-12-34(29)25-36/h3-27H,1H2,2H3/b9-4-. The molecule has 2 nitrogen and oxygen atoms in total. The third kappa shape index (κ3) is 5.39. The Balaban J connectivity index is 1.34. The second-order valence-corrected chi connectivity index (χ2v) is 10.8. The lowest BCUT2D eigenvalue weighted by Gasteiger charge is -2.12. The van der Waals surface area contributed by atoms with Gasteiger partial charge in [-0.2, -0.15) is 0 Å². The van der Waals surface area contributed by atoms with E-state index in [9.17, 15) is 0 Å². The zero-order valence-electron chi connectivity index (χ0n) is 24.0. The largest absolute Gasteiger partial charge is 0.228 e. The summed E-state index contributed by atoms with van der Waals surface area (Å²) in [6.07, 6.45) is 5.85. The van der Waals surface area contributed by atoms with Crippen molar-refractivity contribution in [3.8, 4) is 45.0 Å². The number of rotatable bonds is 6. The Labute approximate surface area is 252 Å². The third-order valence-corrected chi connectivity index (χ3v) is 7.98. The second-order valence-electron chi connectivity index (χ2n) is 10.8. The molecule has 0 aliphatic carbocycles. The van der Waals surface area contributed by atoms with E-state index >= 15 is 0 Å². The van der Waals surface area contributed by atoms with Gasteiger partial charge >= 0.3 is 0 Å².